The zero-order valence-electron chi connectivity index (χ0n) is 21.2. The molecule has 4 aromatic carbocycles. The molecule has 0 bridgehead atoms. The van der Waals surface area contributed by atoms with Crippen LogP contribution in [0.3, 0.4) is 0 Å². The molecule has 1 heterocycles. The van der Waals surface area contributed by atoms with Crippen LogP contribution >= 0.6 is 24.0 Å². The molecule has 1 aliphatic heterocycles. The second-order valence-electron chi connectivity index (χ2n) is 8.55. The Bertz CT molecular complexity index is 1510. The van der Waals surface area contributed by atoms with Gasteiger partial charge in [-0.05, 0) is 84.3 Å². The van der Waals surface area contributed by atoms with Gasteiger partial charge in [0, 0.05) is 0 Å². The Balaban J connectivity index is 1.33. The van der Waals surface area contributed by atoms with Gasteiger partial charge in [0.25, 0.3) is 5.91 Å². The van der Waals surface area contributed by atoms with E-state index in [1.54, 1.807) is 4.90 Å². The van der Waals surface area contributed by atoms with Crippen molar-refractivity contribution < 1.29 is 19.0 Å². The molecule has 0 aliphatic carbocycles. The van der Waals surface area contributed by atoms with Crippen LogP contribution in [0.4, 0.5) is 5.69 Å². The van der Waals surface area contributed by atoms with E-state index in [4.69, 9.17) is 26.4 Å². The van der Waals surface area contributed by atoms with Gasteiger partial charge in [-0.2, -0.15) is 0 Å². The Labute approximate surface area is 232 Å². The van der Waals surface area contributed by atoms with Gasteiger partial charge in [-0.25, -0.2) is 0 Å². The minimum atomic E-state index is -0.154. The van der Waals surface area contributed by atoms with Crippen LogP contribution in [0, 0.1) is 0 Å². The van der Waals surface area contributed by atoms with E-state index < -0.39 is 0 Å². The zero-order valence-corrected chi connectivity index (χ0v) is 22.8. The summed E-state index contributed by atoms with van der Waals surface area (Å²) >= 11 is 6.81. The number of thioether (sulfide) groups is 1. The molecule has 0 N–H and O–H groups in total. The number of carbonyl (C=O) groups excluding carboxylic acids is 1. The first-order valence-electron chi connectivity index (χ1n) is 12.4. The summed E-state index contributed by atoms with van der Waals surface area (Å²) in [5.74, 6) is 1.88. The lowest BCUT2D eigenvalue weighted by Crippen LogP contribution is -2.27. The van der Waals surface area contributed by atoms with Crippen molar-refractivity contribution in [1.82, 2.24) is 0 Å². The van der Waals surface area contributed by atoms with E-state index in [2.05, 4.69) is 30.3 Å². The number of thiocarbonyl (C=S) groups is 1. The summed E-state index contributed by atoms with van der Waals surface area (Å²) in [5, 5.41) is 2.38. The van der Waals surface area contributed by atoms with Crippen LogP contribution in [0.15, 0.2) is 89.8 Å². The third-order valence-corrected chi connectivity index (χ3v) is 7.28. The predicted octanol–water partition coefficient (Wildman–Crippen LogP) is 7.62. The molecule has 7 heteroatoms. The molecule has 0 unspecified atom stereocenters. The van der Waals surface area contributed by atoms with Gasteiger partial charge in [0.05, 0.1) is 23.8 Å². The van der Waals surface area contributed by atoms with Gasteiger partial charge in [-0.1, -0.05) is 66.4 Å². The van der Waals surface area contributed by atoms with Crippen molar-refractivity contribution in [2.75, 3.05) is 18.1 Å². The second-order valence-corrected chi connectivity index (χ2v) is 10.2. The Morgan fingerprint density at radius 2 is 1.58 bits per heavy atom. The van der Waals surface area contributed by atoms with Crippen molar-refractivity contribution in [3.63, 3.8) is 0 Å². The van der Waals surface area contributed by atoms with E-state index in [1.807, 2.05) is 74.5 Å². The summed E-state index contributed by atoms with van der Waals surface area (Å²) in [7, 11) is 0. The number of amides is 1. The summed E-state index contributed by atoms with van der Waals surface area (Å²) in [6.07, 6.45) is 1.84. The van der Waals surface area contributed by atoms with Crippen LogP contribution in [-0.4, -0.2) is 23.4 Å². The quantitative estimate of drug-likeness (QED) is 0.160. The Morgan fingerprint density at radius 1 is 0.816 bits per heavy atom. The van der Waals surface area contributed by atoms with Crippen molar-refractivity contribution in [3.05, 3.63) is 101 Å². The SMILES string of the molecule is CCOc1ccc(N2C(=O)/C(=C\c3ccc(OCc4ccc5ccccc5c4)c(OCC)c3)SC2=S)cc1. The molecule has 38 heavy (non-hydrogen) atoms. The largest absolute Gasteiger partial charge is 0.494 e. The summed E-state index contributed by atoms with van der Waals surface area (Å²) in [5.41, 5.74) is 2.62. The first-order valence-corrected chi connectivity index (χ1v) is 13.7. The van der Waals surface area contributed by atoms with Crippen LogP contribution < -0.4 is 19.1 Å². The molecule has 1 amide bonds. The molecule has 4 aromatic rings. The number of carbonyl (C=O) groups is 1. The van der Waals surface area contributed by atoms with Gasteiger partial charge in [0.15, 0.2) is 15.8 Å². The highest BCUT2D eigenvalue weighted by Crippen LogP contribution is 2.38. The summed E-state index contributed by atoms with van der Waals surface area (Å²) in [6, 6.07) is 27.6. The van der Waals surface area contributed by atoms with Crippen molar-refractivity contribution in [3.8, 4) is 17.2 Å². The van der Waals surface area contributed by atoms with Crippen LogP contribution in [0.1, 0.15) is 25.0 Å². The number of benzene rings is 4. The third-order valence-electron chi connectivity index (χ3n) is 5.97. The van der Waals surface area contributed by atoms with E-state index in [-0.39, 0.29) is 5.91 Å². The maximum Gasteiger partial charge on any atom is 0.270 e. The smallest absolute Gasteiger partial charge is 0.270 e. The maximum atomic E-state index is 13.2. The van der Waals surface area contributed by atoms with Gasteiger partial charge in [0.2, 0.25) is 0 Å². The lowest BCUT2D eigenvalue weighted by atomic mass is 10.1. The van der Waals surface area contributed by atoms with Crippen LogP contribution in [0.2, 0.25) is 0 Å². The van der Waals surface area contributed by atoms with E-state index in [0.29, 0.717) is 46.2 Å². The molecular formula is C31H27NO4S2. The summed E-state index contributed by atoms with van der Waals surface area (Å²) in [4.78, 5) is 15.3. The van der Waals surface area contributed by atoms with Crippen molar-refractivity contribution >= 4 is 56.7 Å². The summed E-state index contributed by atoms with van der Waals surface area (Å²) in [6.45, 7) is 5.36. The Morgan fingerprint density at radius 3 is 2.34 bits per heavy atom. The van der Waals surface area contributed by atoms with E-state index in [0.717, 1.165) is 16.9 Å². The number of anilines is 1. The molecule has 0 radical (unpaired) electrons. The topological polar surface area (TPSA) is 48.0 Å². The van der Waals surface area contributed by atoms with Crippen molar-refractivity contribution in [1.29, 1.82) is 0 Å². The molecule has 5 rings (SSSR count). The highest BCUT2D eigenvalue weighted by Gasteiger charge is 2.33. The van der Waals surface area contributed by atoms with Gasteiger partial charge >= 0.3 is 0 Å². The fraction of sp³-hybridized carbons (Fsp3) is 0.161. The third kappa shape index (κ3) is 5.69. The van der Waals surface area contributed by atoms with E-state index in [9.17, 15) is 4.79 Å². The van der Waals surface area contributed by atoms with Gasteiger partial charge < -0.3 is 14.2 Å². The maximum absolute atomic E-state index is 13.2. The molecule has 1 fully saturated rings. The van der Waals surface area contributed by atoms with Crippen LogP contribution in [-0.2, 0) is 11.4 Å². The van der Waals surface area contributed by atoms with Gasteiger partial charge in [0.1, 0.15) is 12.4 Å². The first kappa shape index (κ1) is 25.8. The van der Waals surface area contributed by atoms with Crippen molar-refractivity contribution in [2.24, 2.45) is 0 Å². The van der Waals surface area contributed by atoms with Crippen LogP contribution in [0.5, 0.6) is 17.2 Å². The number of hydrogen-bond donors (Lipinski definition) is 0. The Kier molecular flexibility index (Phi) is 7.96. The van der Waals surface area contributed by atoms with E-state index in [1.165, 1.54) is 22.5 Å². The first-order chi connectivity index (χ1) is 18.6. The lowest BCUT2D eigenvalue weighted by Gasteiger charge is -2.15. The lowest BCUT2D eigenvalue weighted by molar-refractivity contribution is -0.113. The minimum absolute atomic E-state index is 0.154. The predicted molar refractivity (Wildman–Crippen MR) is 159 cm³/mol. The molecule has 0 aromatic heterocycles. The number of ether oxygens (including phenoxy) is 3. The fourth-order valence-electron chi connectivity index (χ4n) is 4.19. The molecular weight excluding hydrogens is 514 g/mol. The molecule has 1 aliphatic rings. The summed E-state index contributed by atoms with van der Waals surface area (Å²) < 4.78 is 18.0. The van der Waals surface area contributed by atoms with Gasteiger partial charge in [-0.3, -0.25) is 9.69 Å². The molecule has 0 saturated carbocycles. The number of hydrogen-bond acceptors (Lipinski definition) is 6. The van der Waals surface area contributed by atoms with Crippen molar-refractivity contribution in [2.45, 2.75) is 20.5 Å². The standard InChI is InChI=1S/C31H27NO4S2/c1-3-34-26-14-12-25(13-15-26)32-30(33)29(38-31(32)37)19-21-10-16-27(28(18-21)35-4-2)36-20-22-9-11-23-7-5-6-8-24(23)17-22/h5-19H,3-4,20H2,1-2H3/b29-19+. The molecule has 0 atom stereocenters. The fourth-order valence-corrected chi connectivity index (χ4v) is 5.49. The van der Waals surface area contributed by atoms with Gasteiger partial charge in [-0.15, -0.1) is 0 Å². The molecule has 5 nitrogen and oxygen atoms in total. The highest BCUT2D eigenvalue weighted by atomic mass is 32.2. The number of fused-ring (bicyclic) bond motifs is 1. The monoisotopic (exact) mass is 541 g/mol. The normalized spacial score (nSPS) is 14.4. The average molecular weight is 542 g/mol. The zero-order chi connectivity index (χ0) is 26.5. The average Bonchev–Trinajstić information content (AvgIpc) is 3.21. The Hall–Kier alpha value is -3.81. The minimum Gasteiger partial charge on any atom is -0.494 e. The van der Waals surface area contributed by atoms with Crippen LogP contribution in [0.25, 0.3) is 16.8 Å². The number of rotatable bonds is 9. The van der Waals surface area contributed by atoms with E-state index >= 15 is 0 Å². The second kappa shape index (κ2) is 11.7. The molecule has 192 valence electrons. The molecule has 0 spiro atoms. The highest BCUT2D eigenvalue weighted by molar-refractivity contribution is 8.27. The molecule has 1 saturated heterocycles. The number of nitrogens with zero attached hydrogens (tertiary/aromatic N) is 1.